The molecule has 3 heterocycles. The molecule has 164 valence electrons. The number of fused-ring (bicyclic) bond motifs is 1. The highest BCUT2D eigenvalue weighted by Crippen LogP contribution is 2.29. The van der Waals surface area contributed by atoms with E-state index in [0.29, 0.717) is 22.9 Å². The van der Waals surface area contributed by atoms with Crippen molar-refractivity contribution in [2.75, 3.05) is 5.32 Å². The van der Waals surface area contributed by atoms with Crippen molar-refractivity contribution in [2.45, 2.75) is 6.92 Å². The molecule has 0 atom stereocenters. The van der Waals surface area contributed by atoms with Gasteiger partial charge in [0.2, 0.25) is 0 Å². The summed E-state index contributed by atoms with van der Waals surface area (Å²) in [7, 11) is 0. The Labute approximate surface area is 185 Å². The molecule has 0 radical (unpaired) electrons. The van der Waals surface area contributed by atoms with Crippen LogP contribution in [0, 0.1) is 18.6 Å². The van der Waals surface area contributed by atoms with Gasteiger partial charge in [0.25, 0.3) is 5.91 Å². The van der Waals surface area contributed by atoms with Crippen molar-refractivity contribution in [3.8, 4) is 17.2 Å². The predicted octanol–water partition coefficient (Wildman–Crippen LogP) is 4.77. The van der Waals surface area contributed by atoms with Gasteiger partial charge in [-0.1, -0.05) is 5.21 Å². The molecule has 0 saturated heterocycles. The van der Waals surface area contributed by atoms with Crippen molar-refractivity contribution in [3.63, 3.8) is 0 Å². The van der Waals surface area contributed by atoms with Gasteiger partial charge in [0.15, 0.2) is 17.3 Å². The lowest BCUT2D eigenvalue weighted by molar-refractivity contribution is 0.102. The zero-order valence-corrected chi connectivity index (χ0v) is 17.2. The molecule has 0 bridgehead atoms. The molecule has 10 heteroatoms. The van der Waals surface area contributed by atoms with Crippen LogP contribution in [0.3, 0.4) is 0 Å². The van der Waals surface area contributed by atoms with E-state index in [0.717, 1.165) is 23.2 Å². The van der Waals surface area contributed by atoms with E-state index in [1.807, 2.05) is 6.07 Å². The Kier molecular flexibility index (Phi) is 5.02. The Morgan fingerprint density at radius 1 is 1.06 bits per heavy atom. The number of benzene rings is 2. The maximum absolute atomic E-state index is 13.5. The maximum Gasteiger partial charge on any atom is 0.278 e. The molecule has 3 aromatic heterocycles. The van der Waals surface area contributed by atoms with E-state index >= 15 is 0 Å². The summed E-state index contributed by atoms with van der Waals surface area (Å²) in [6.07, 6.45) is 3.44. The molecule has 8 nitrogen and oxygen atoms in total. The lowest BCUT2D eigenvalue weighted by Gasteiger charge is -2.09. The van der Waals surface area contributed by atoms with Crippen molar-refractivity contribution < 1.29 is 18.3 Å². The molecule has 1 amide bonds. The van der Waals surface area contributed by atoms with Crippen LogP contribution in [-0.4, -0.2) is 30.9 Å². The SMILES string of the molecule is Cc1c(C(=O)Nc2ccc(Oc3ccnc4[nH]ccc34)cc2)nnn1-c1ccc(F)c(F)c1. The predicted molar refractivity (Wildman–Crippen MR) is 117 cm³/mol. The second-order valence-electron chi connectivity index (χ2n) is 7.16. The fourth-order valence-electron chi connectivity index (χ4n) is 3.35. The van der Waals surface area contributed by atoms with Gasteiger partial charge in [0.1, 0.15) is 17.1 Å². The number of carbonyl (C=O) groups is 1. The number of nitrogens with zero attached hydrogens (tertiary/aromatic N) is 4. The summed E-state index contributed by atoms with van der Waals surface area (Å²) >= 11 is 0. The third kappa shape index (κ3) is 3.89. The molecule has 0 aliphatic heterocycles. The maximum atomic E-state index is 13.5. The molecule has 0 saturated carbocycles. The fraction of sp³-hybridized carbons (Fsp3) is 0.0435. The summed E-state index contributed by atoms with van der Waals surface area (Å²) in [5.41, 5.74) is 1.95. The summed E-state index contributed by atoms with van der Waals surface area (Å²) in [5, 5.41) is 11.4. The molecular formula is C23H16F2N6O2. The van der Waals surface area contributed by atoms with Gasteiger partial charge in [-0.2, -0.15) is 0 Å². The Morgan fingerprint density at radius 3 is 2.67 bits per heavy atom. The third-order valence-corrected chi connectivity index (χ3v) is 5.02. The fourth-order valence-corrected chi connectivity index (χ4v) is 3.35. The van der Waals surface area contributed by atoms with Gasteiger partial charge in [-0.05, 0) is 55.5 Å². The Morgan fingerprint density at radius 2 is 1.88 bits per heavy atom. The normalized spacial score (nSPS) is 11.0. The Balaban J connectivity index is 1.31. The first-order valence-electron chi connectivity index (χ1n) is 9.89. The lowest BCUT2D eigenvalue weighted by atomic mass is 10.2. The Bertz CT molecular complexity index is 1480. The molecule has 0 spiro atoms. The third-order valence-electron chi connectivity index (χ3n) is 5.02. The highest BCUT2D eigenvalue weighted by molar-refractivity contribution is 6.03. The van der Waals surface area contributed by atoms with E-state index in [9.17, 15) is 13.6 Å². The summed E-state index contributed by atoms with van der Waals surface area (Å²) in [6.45, 7) is 1.61. The number of hydrogen-bond acceptors (Lipinski definition) is 5. The van der Waals surface area contributed by atoms with Crippen LogP contribution in [0.5, 0.6) is 11.5 Å². The van der Waals surface area contributed by atoms with Gasteiger partial charge in [-0.15, -0.1) is 5.10 Å². The van der Waals surface area contributed by atoms with Crippen LogP contribution in [0.2, 0.25) is 0 Å². The highest BCUT2D eigenvalue weighted by atomic mass is 19.2. The molecule has 0 fully saturated rings. The minimum atomic E-state index is -1.01. The number of nitrogens with one attached hydrogen (secondary N) is 2. The number of amides is 1. The second-order valence-corrected chi connectivity index (χ2v) is 7.16. The van der Waals surface area contributed by atoms with Crippen LogP contribution >= 0.6 is 0 Å². The highest BCUT2D eigenvalue weighted by Gasteiger charge is 2.18. The molecule has 0 unspecified atom stereocenters. The zero-order chi connectivity index (χ0) is 22.9. The van der Waals surface area contributed by atoms with E-state index in [2.05, 4.69) is 25.6 Å². The molecule has 33 heavy (non-hydrogen) atoms. The lowest BCUT2D eigenvalue weighted by Crippen LogP contribution is -2.14. The summed E-state index contributed by atoms with van der Waals surface area (Å²) < 4.78 is 33.9. The zero-order valence-electron chi connectivity index (χ0n) is 17.2. The monoisotopic (exact) mass is 446 g/mol. The van der Waals surface area contributed by atoms with E-state index in [1.165, 1.54) is 10.7 Å². The summed E-state index contributed by atoms with van der Waals surface area (Å²) in [6, 6.07) is 13.8. The van der Waals surface area contributed by atoms with Crippen molar-refractivity contribution >= 4 is 22.6 Å². The van der Waals surface area contributed by atoms with E-state index in [4.69, 9.17) is 4.74 Å². The number of aromatic nitrogens is 5. The first-order chi connectivity index (χ1) is 16.0. The average Bonchev–Trinajstić information content (AvgIpc) is 3.44. The molecule has 0 aliphatic rings. The topological polar surface area (TPSA) is 97.7 Å². The first kappa shape index (κ1) is 20.3. The second kappa shape index (κ2) is 8.15. The van der Waals surface area contributed by atoms with E-state index in [-0.39, 0.29) is 11.4 Å². The van der Waals surface area contributed by atoms with Crippen LogP contribution in [0.25, 0.3) is 16.7 Å². The minimum Gasteiger partial charge on any atom is -0.457 e. The number of pyridine rings is 1. The number of hydrogen-bond donors (Lipinski definition) is 2. The number of aromatic amines is 1. The van der Waals surface area contributed by atoms with Crippen LogP contribution < -0.4 is 10.1 Å². The molecular weight excluding hydrogens is 430 g/mol. The molecule has 0 aliphatic carbocycles. The van der Waals surface area contributed by atoms with Gasteiger partial charge in [0.05, 0.1) is 16.8 Å². The van der Waals surface area contributed by atoms with Crippen molar-refractivity contribution in [2.24, 2.45) is 0 Å². The quantitative estimate of drug-likeness (QED) is 0.405. The van der Waals surface area contributed by atoms with E-state index < -0.39 is 17.5 Å². The van der Waals surface area contributed by atoms with Crippen LogP contribution in [0.1, 0.15) is 16.2 Å². The molecule has 5 aromatic rings. The molecule has 2 aromatic carbocycles. The standard InChI is InChI=1S/C23H16F2N6O2/c1-13-21(29-30-31(13)15-4-7-18(24)19(25)12-15)23(32)28-14-2-5-16(6-3-14)33-20-9-11-27-22-17(20)8-10-26-22/h2-12H,1H3,(H,26,27)(H,28,32). The van der Waals surface area contributed by atoms with E-state index in [1.54, 1.807) is 49.6 Å². The number of ether oxygens (including phenoxy) is 1. The van der Waals surface area contributed by atoms with Gasteiger partial charge < -0.3 is 15.0 Å². The number of anilines is 1. The van der Waals surface area contributed by atoms with Crippen LogP contribution in [0.15, 0.2) is 67.0 Å². The number of halogens is 2. The number of H-pyrrole nitrogens is 1. The summed E-state index contributed by atoms with van der Waals surface area (Å²) in [5.74, 6) is -1.23. The largest absolute Gasteiger partial charge is 0.457 e. The Hall–Kier alpha value is -4.60. The van der Waals surface area contributed by atoms with Gasteiger partial charge in [-0.25, -0.2) is 18.4 Å². The minimum absolute atomic E-state index is 0.0618. The van der Waals surface area contributed by atoms with Crippen molar-refractivity contribution in [1.82, 2.24) is 25.0 Å². The van der Waals surface area contributed by atoms with Crippen LogP contribution in [0.4, 0.5) is 14.5 Å². The van der Waals surface area contributed by atoms with Crippen molar-refractivity contribution in [3.05, 3.63) is 90.0 Å². The molecule has 2 N–H and O–H groups in total. The first-order valence-corrected chi connectivity index (χ1v) is 9.89. The summed E-state index contributed by atoms with van der Waals surface area (Å²) in [4.78, 5) is 19.9. The average molecular weight is 446 g/mol. The van der Waals surface area contributed by atoms with Crippen LogP contribution in [-0.2, 0) is 0 Å². The number of rotatable bonds is 5. The van der Waals surface area contributed by atoms with Crippen molar-refractivity contribution in [1.29, 1.82) is 0 Å². The number of carbonyl (C=O) groups excluding carboxylic acids is 1. The van der Waals surface area contributed by atoms with Gasteiger partial charge in [0, 0.05) is 24.1 Å². The van der Waals surface area contributed by atoms with Gasteiger partial charge >= 0.3 is 0 Å². The smallest absolute Gasteiger partial charge is 0.278 e. The molecule has 5 rings (SSSR count). The van der Waals surface area contributed by atoms with Gasteiger partial charge in [-0.3, -0.25) is 4.79 Å².